The van der Waals surface area contributed by atoms with Crippen LogP contribution in [0.3, 0.4) is 0 Å². The summed E-state index contributed by atoms with van der Waals surface area (Å²) < 4.78 is 48.7. The molecule has 5 nitrogen and oxygen atoms in total. The summed E-state index contributed by atoms with van der Waals surface area (Å²) in [4.78, 5) is 12.1. The molecule has 1 aliphatic rings. The molecule has 0 aliphatic carbocycles. The molecule has 10 heteroatoms. The summed E-state index contributed by atoms with van der Waals surface area (Å²) in [6, 6.07) is 5.91. The van der Waals surface area contributed by atoms with Gasteiger partial charge in [0, 0.05) is 12.1 Å². The van der Waals surface area contributed by atoms with Gasteiger partial charge in [0.2, 0.25) is 5.91 Å². The lowest BCUT2D eigenvalue weighted by molar-refractivity contribution is -0.137. The molecule has 0 spiro atoms. The van der Waals surface area contributed by atoms with Gasteiger partial charge in [0.05, 0.1) is 33.5 Å². The molecule has 2 N–H and O–H groups in total. The highest BCUT2D eigenvalue weighted by molar-refractivity contribution is 6.34. The monoisotopic (exact) mass is 420 g/mol. The van der Waals surface area contributed by atoms with E-state index in [0.29, 0.717) is 30.4 Å². The van der Waals surface area contributed by atoms with E-state index in [9.17, 15) is 18.0 Å². The van der Waals surface area contributed by atoms with E-state index in [1.807, 2.05) is 0 Å². The average molecular weight is 421 g/mol. The van der Waals surface area contributed by atoms with Crippen molar-refractivity contribution in [3.63, 3.8) is 0 Å². The Bertz CT molecular complexity index is 875. The molecule has 1 aliphatic heterocycles. The fourth-order valence-electron chi connectivity index (χ4n) is 2.36. The molecule has 0 aromatic heterocycles. The number of hydrogen-bond donors (Lipinski definition) is 2. The van der Waals surface area contributed by atoms with Gasteiger partial charge in [0.25, 0.3) is 0 Å². The first-order valence-electron chi connectivity index (χ1n) is 7.73. The van der Waals surface area contributed by atoms with Crippen molar-refractivity contribution in [1.82, 2.24) is 0 Å². The van der Waals surface area contributed by atoms with Gasteiger partial charge in [-0.05, 0) is 18.2 Å². The van der Waals surface area contributed by atoms with Gasteiger partial charge in [-0.15, -0.1) is 0 Å². The van der Waals surface area contributed by atoms with Crippen LogP contribution in [0.25, 0.3) is 0 Å². The lowest BCUT2D eigenvalue weighted by Crippen LogP contribution is -2.22. The molecule has 0 bridgehead atoms. The summed E-state index contributed by atoms with van der Waals surface area (Å²) in [5.74, 6) is 0.475. The highest BCUT2D eigenvalue weighted by Crippen LogP contribution is 2.38. The van der Waals surface area contributed by atoms with Crippen LogP contribution in [0, 0.1) is 0 Å². The Morgan fingerprint density at radius 2 is 1.63 bits per heavy atom. The van der Waals surface area contributed by atoms with Crippen LogP contribution in [-0.4, -0.2) is 25.7 Å². The molecular weight excluding hydrogens is 408 g/mol. The van der Waals surface area contributed by atoms with Gasteiger partial charge >= 0.3 is 6.18 Å². The highest BCUT2D eigenvalue weighted by Gasteiger charge is 2.30. The van der Waals surface area contributed by atoms with Gasteiger partial charge in [-0.25, -0.2) is 0 Å². The lowest BCUT2D eigenvalue weighted by Gasteiger charge is -2.20. The Morgan fingerprint density at radius 3 is 2.26 bits per heavy atom. The van der Waals surface area contributed by atoms with Gasteiger partial charge in [-0.3, -0.25) is 4.79 Å². The van der Waals surface area contributed by atoms with E-state index in [2.05, 4.69) is 10.6 Å². The van der Waals surface area contributed by atoms with Crippen molar-refractivity contribution in [3.05, 3.63) is 45.9 Å². The van der Waals surface area contributed by atoms with Crippen molar-refractivity contribution >= 4 is 40.5 Å². The summed E-state index contributed by atoms with van der Waals surface area (Å²) in [6.07, 6.45) is -4.49. The molecule has 0 unspecified atom stereocenters. The van der Waals surface area contributed by atoms with E-state index in [-0.39, 0.29) is 22.3 Å². The summed E-state index contributed by atoms with van der Waals surface area (Å²) in [5.41, 5.74) is -0.343. The SMILES string of the molecule is O=C(CNc1ccc(C(F)(F)F)cc1Cl)Nc1cc2c(cc1Cl)OCCO2. The van der Waals surface area contributed by atoms with Gasteiger partial charge in [0.1, 0.15) is 13.2 Å². The van der Waals surface area contributed by atoms with Crippen LogP contribution in [0.1, 0.15) is 5.56 Å². The van der Waals surface area contributed by atoms with Crippen molar-refractivity contribution in [2.45, 2.75) is 6.18 Å². The molecule has 0 saturated carbocycles. The fraction of sp³-hybridized carbons (Fsp3) is 0.235. The minimum absolute atomic E-state index is 0.144. The van der Waals surface area contributed by atoms with Crippen LogP contribution in [0.4, 0.5) is 24.5 Å². The summed E-state index contributed by atoms with van der Waals surface area (Å²) in [6.45, 7) is 0.568. The molecule has 0 radical (unpaired) electrons. The van der Waals surface area contributed by atoms with Crippen LogP contribution >= 0.6 is 23.2 Å². The second-order valence-corrected chi connectivity index (χ2v) is 6.38. The van der Waals surface area contributed by atoms with Crippen LogP contribution < -0.4 is 20.1 Å². The van der Waals surface area contributed by atoms with Crippen molar-refractivity contribution in [3.8, 4) is 11.5 Å². The molecule has 144 valence electrons. The van der Waals surface area contributed by atoms with E-state index in [1.54, 1.807) is 6.07 Å². The number of halogens is 5. The smallest absolute Gasteiger partial charge is 0.416 e. The minimum atomic E-state index is -4.49. The number of alkyl halides is 3. The third kappa shape index (κ3) is 4.70. The number of hydrogen-bond acceptors (Lipinski definition) is 4. The molecule has 0 saturated heterocycles. The van der Waals surface area contributed by atoms with E-state index in [0.717, 1.165) is 18.2 Å². The second-order valence-electron chi connectivity index (χ2n) is 5.57. The summed E-state index contributed by atoms with van der Waals surface area (Å²) in [5, 5.41) is 5.40. The van der Waals surface area contributed by atoms with Gasteiger partial charge in [0.15, 0.2) is 11.5 Å². The number of carbonyl (C=O) groups excluding carboxylic acids is 1. The number of nitrogens with one attached hydrogen (secondary N) is 2. The Morgan fingerprint density at radius 1 is 1.00 bits per heavy atom. The lowest BCUT2D eigenvalue weighted by atomic mass is 10.2. The maximum Gasteiger partial charge on any atom is 0.416 e. The van der Waals surface area contributed by atoms with Crippen LogP contribution in [-0.2, 0) is 11.0 Å². The van der Waals surface area contributed by atoms with Gasteiger partial charge in [-0.2, -0.15) is 13.2 Å². The number of rotatable bonds is 4. The quantitative estimate of drug-likeness (QED) is 0.743. The third-order valence-corrected chi connectivity index (χ3v) is 4.27. The number of fused-ring (bicyclic) bond motifs is 1. The molecule has 0 fully saturated rings. The topological polar surface area (TPSA) is 59.6 Å². The van der Waals surface area contributed by atoms with Crippen LogP contribution in [0.5, 0.6) is 11.5 Å². The van der Waals surface area contributed by atoms with Crippen molar-refractivity contribution in [2.24, 2.45) is 0 Å². The number of carbonyl (C=O) groups is 1. The molecule has 1 amide bonds. The highest BCUT2D eigenvalue weighted by atomic mass is 35.5. The van der Waals surface area contributed by atoms with E-state index in [4.69, 9.17) is 32.7 Å². The maximum atomic E-state index is 12.6. The molecule has 2 aromatic rings. The second kappa shape index (κ2) is 7.74. The average Bonchev–Trinajstić information content (AvgIpc) is 2.60. The van der Waals surface area contributed by atoms with Crippen molar-refractivity contribution < 1.29 is 27.4 Å². The minimum Gasteiger partial charge on any atom is -0.486 e. The predicted molar refractivity (Wildman–Crippen MR) is 96.0 cm³/mol. The normalized spacial score (nSPS) is 13.2. The zero-order chi connectivity index (χ0) is 19.6. The fourth-order valence-corrected chi connectivity index (χ4v) is 2.81. The van der Waals surface area contributed by atoms with Crippen molar-refractivity contribution in [1.29, 1.82) is 0 Å². The summed E-state index contributed by atoms with van der Waals surface area (Å²) >= 11 is 11.9. The molecule has 2 aromatic carbocycles. The zero-order valence-electron chi connectivity index (χ0n) is 13.6. The van der Waals surface area contributed by atoms with Crippen molar-refractivity contribution in [2.75, 3.05) is 30.4 Å². The number of amides is 1. The Balaban J connectivity index is 1.64. The molecule has 0 atom stereocenters. The standard InChI is InChI=1S/C17H13Cl2F3N2O3/c18-10-5-9(17(20,21)22)1-2-12(10)23-8-16(25)24-13-7-15-14(6-11(13)19)26-3-4-27-15/h1-2,5-7,23H,3-4,8H2,(H,24,25). The molecule has 3 rings (SSSR count). The molecule has 27 heavy (non-hydrogen) atoms. The van der Waals surface area contributed by atoms with E-state index >= 15 is 0 Å². The zero-order valence-corrected chi connectivity index (χ0v) is 15.1. The first-order chi connectivity index (χ1) is 12.7. The number of anilines is 2. The largest absolute Gasteiger partial charge is 0.486 e. The predicted octanol–water partition coefficient (Wildman–Crippen LogP) is 4.83. The van der Waals surface area contributed by atoms with Crippen LogP contribution in [0.2, 0.25) is 10.0 Å². The number of benzene rings is 2. The molecular formula is C17H13Cl2F3N2O3. The first kappa shape index (κ1) is 19.4. The Hall–Kier alpha value is -2.32. The first-order valence-corrected chi connectivity index (χ1v) is 8.49. The maximum absolute atomic E-state index is 12.6. The summed E-state index contributed by atoms with van der Waals surface area (Å²) in [7, 11) is 0. The Kier molecular flexibility index (Phi) is 5.57. The van der Waals surface area contributed by atoms with Crippen LogP contribution in [0.15, 0.2) is 30.3 Å². The number of ether oxygens (including phenoxy) is 2. The Labute approximate surface area is 162 Å². The van der Waals surface area contributed by atoms with E-state index < -0.39 is 17.6 Å². The van der Waals surface area contributed by atoms with Gasteiger partial charge in [-0.1, -0.05) is 23.2 Å². The van der Waals surface area contributed by atoms with E-state index in [1.165, 1.54) is 6.07 Å². The third-order valence-electron chi connectivity index (χ3n) is 3.64. The molecule has 1 heterocycles. The van der Waals surface area contributed by atoms with Gasteiger partial charge < -0.3 is 20.1 Å².